The van der Waals surface area contributed by atoms with Gasteiger partial charge in [-0.05, 0) is 6.42 Å². The molecule has 0 aliphatic rings. The van der Waals surface area contributed by atoms with Crippen molar-refractivity contribution in [3.05, 3.63) is 0 Å². The standard InChI is InChI=1S/C5H10O4S/c6-2-1-4(7)3-5(8)9-10/h4,6-7,10H,1-3H2. The highest BCUT2D eigenvalue weighted by Gasteiger charge is 2.09. The molecule has 10 heavy (non-hydrogen) atoms. The molecule has 4 nitrogen and oxygen atoms in total. The molecule has 0 heterocycles. The molecular formula is C5H10O4S. The summed E-state index contributed by atoms with van der Waals surface area (Å²) in [6.45, 7) is -0.138. The smallest absolute Gasteiger partial charge is 0.320 e. The predicted molar refractivity (Wildman–Crippen MR) is 37.4 cm³/mol. The van der Waals surface area contributed by atoms with E-state index in [-0.39, 0.29) is 19.4 Å². The Kier molecular flexibility index (Phi) is 5.38. The number of carbonyl (C=O) groups excluding carboxylic acids is 1. The molecule has 0 aliphatic heterocycles. The number of aliphatic hydroxyl groups is 2. The van der Waals surface area contributed by atoms with Crippen LogP contribution in [0.5, 0.6) is 0 Å². The summed E-state index contributed by atoms with van der Waals surface area (Å²) in [4.78, 5) is 10.4. The van der Waals surface area contributed by atoms with E-state index in [4.69, 9.17) is 10.2 Å². The Morgan fingerprint density at radius 3 is 2.70 bits per heavy atom. The fourth-order valence-corrected chi connectivity index (χ4v) is 0.555. The van der Waals surface area contributed by atoms with Gasteiger partial charge in [-0.2, -0.15) is 0 Å². The van der Waals surface area contributed by atoms with Crippen LogP contribution in [-0.4, -0.2) is 28.9 Å². The van der Waals surface area contributed by atoms with Crippen molar-refractivity contribution in [3.63, 3.8) is 0 Å². The van der Waals surface area contributed by atoms with Crippen LogP contribution in [0, 0.1) is 0 Å². The number of hydrogen-bond donors (Lipinski definition) is 3. The normalized spacial score (nSPS) is 12.7. The van der Waals surface area contributed by atoms with E-state index in [1.165, 1.54) is 0 Å². The highest BCUT2D eigenvalue weighted by Crippen LogP contribution is 1.99. The maximum Gasteiger partial charge on any atom is 0.320 e. The average Bonchev–Trinajstić information content (AvgIpc) is 1.88. The Morgan fingerprint density at radius 2 is 2.30 bits per heavy atom. The fourth-order valence-electron chi connectivity index (χ4n) is 0.481. The molecule has 60 valence electrons. The van der Waals surface area contributed by atoms with Crippen molar-refractivity contribution >= 4 is 18.9 Å². The molecule has 1 atom stereocenters. The van der Waals surface area contributed by atoms with Crippen molar-refractivity contribution in [3.8, 4) is 0 Å². The van der Waals surface area contributed by atoms with Gasteiger partial charge >= 0.3 is 5.97 Å². The number of hydrogen-bond acceptors (Lipinski definition) is 5. The van der Waals surface area contributed by atoms with Crippen LogP contribution in [0.1, 0.15) is 12.8 Å². The first-order valence-electron chi connectivity index (χ1n) is 2.84. The summed E-state index contributed by atoms with van der Waals surface area (Å²) in [5.41, 5.74) is 0. The molecular weight excluding hydrogens is 156 g/mol. The Bertz CT molecular complexity index is 106. The zero-order valence-electron chi connectivity index (χ0n) is 5.36. The van der Waals surface area contributed by atoms with Crippen molar-refractivity contribution in [1.29, 1.82) is 0 Å². The monoisotopic (exact) mass is 166 g/mol. The predicted octanol–water partition coefficient (Wildman–Crippen LogP) is -0.492. The minimum atomic E-state index is -0.829. The molecule has 0 amide bonds. The van der Waals surface area contributed by atoms with Gasteiger partial charge in [-0.1, -0.05) is 0 Å². The lowest BCUT2D eigenvalue weighted by Crippen LogP contribution is -2.14. The second-order valence-electron chi connectivity index (χ2n) is 1.83. The third-order valence-electron chi connectivity index (χ3n) is 0.966. The summed E-state index contributed by atoms with van der Waals surface area (Å²) < 4.78 is 3.98. The van der Waals surface area contributed by atoms with Crippen molar-refractivity contribution in [2.45, 2.75) is 18.9 Å². The lowest BCUT2D eigenvalue weighted by Gasteiger charge is -2.04. The molecule has 0 aromatic carbocycles. The van der Waals surface area contributed by atoms with E-state index in [0.29, 0.717) is 0 Å². The molecule has 0 saturated carbocycles. The van der Waals surface area contributed by atoms with Gasteiger partial charge in [0, 0.05) is 19.5 Å². The summed E-state index contributed by atoms with van der Waals surface area (Å²) in [5.74, 6) is -0.593. The summed E-state index contributed by atoms with van der Waals surface area (Å²) in [6.07, 6.45) is -0.767. The third-order valence-corrected chi connectivity index (χ3v) is 1.17. The van der Waals surface area contributed by atoms with Crippen LogP contribution in [0.15, 0.2) is 0 Å². The largest absolute Gasteiger partial charge is 0.396 e. The van der Waals surface area contributed by atoms with E-state index in [1.54, 1.807) is 0 Å². The molecule has 5 heteroatoms. The second kappa shape index (κ2) is 5.52. The van der Waals surface area contributed by atoms with Crippen LogP contribution >= 0.6 is 12.9 Å². The van der Waals surface area contributed by atoms with Crippen molar-refractivity contribution in [1.82, 2.24) is 0 Å². The highest BCUT2D eigenvalue weighted by atomic mass is 32.1. The van der Waals surface area contributed by atoms with Crippen LogP contribution in [0.2, 0.25) is 0 Å². The minimum Gasteiger partial charge on any atom is -0.396 e. The van der Waals surface area contributed by atoms with E-state index in [0.717, 1.165) is 0 Å². The van der Waals surface area contributed by atoms with Gasteiger partial charge in [0.25, 0.3) is 0 Å². The van der Waals surface area contributed by atoms with Gasteiger partial charge in [0.1, 0.15) is 0 Å². The SMILES string of the molecule is O=C(CC(O)CCO)OS. The lowest BCUT2D eigenvalue weighted by molar-refractivity contribution is -0.135. The molecule has 0 aromatic rings. The third kappa shape index (κ3) is 4.60. The van der Waals surface area contributed by atoms with Crippen LogP contribution < -0.4 is 0 Å². The second-order valence-corrected chi connectivity index (χ2v) is 2.02. The zero-order chi connectivity index (χ0) is 7.98. The Balaban J connectivity index is 3.37. The van der Waals surface area contributed by atoms with Gasteiger partial charge in [0.05, 0.1) is 12.5 Å². The highest BCUT2D eigenvalue weighted by molar-refractivity contribution is 7.75. The molecule has 2 N–H and O–H groups in total. The number of carbonyl (C=O) groups is 1. The van der Waals surface area contributed by atoms with E-state index in [9.17, 15) is 4.79 Å². The first-order valence-corrected chi connectivity index (χ1v) is 3.20. The molecule has 0 saturated heterocycles. The maximum atomic E-state index is 10.4. The van der Waals surface area contributed by atoms with Gasteiger partial charge in [0.2, 0.25) is 0 Å². The topological polar surface area (TPSA) is 66.8 Å². The van der Waals surface area contributed by atoms with Gasteiger partial charge < -0.3 is 14.4 Å². The van der Waals surface area contributed by atoms with E-state index >= 15 is 0 Å². The van der Waals surface area contributed by atoms with E-state index in [1.807, 2.05) is 0 Å². The maximum absolute atomic E-state index is 10.4. The molecule has 0 aromatic heterocycles. The molecule has 0 aliphatic carbocycles. The van der Waals surface area contributed by atoms with Gasteiger partial charge in [-0.25, -0.2) is 0 Å². The first-order chi connectivity index (χ1) is 4.70. The van der Waals surface area contributed by atoms with Crippen LogP contribution in [0.4, 0.5) is 0 Å². The van der Waals surface area contributed by atoms with Gasteiger partial charge in [-0.3, -0.25) is 4.79 Å². The molecule has 1 unspecified atom stereocenters. The first kappa shape index (κ1) is 9.74. The van der Waals surface area contributed by atoms with Crippen molar-refractivity contribution in [2.75, 3.05) is 6.61 Å². The van der Waals surface area contributed by atoms with E-state index < -0.39 is 12.1 Å². The molecule has 0 fully saturated rings. The molecule has 0 bridgehead atoms. The van der Waals surface area contributed by atoms with Crippen LogP contribution in [0.3, 0.4) is 0 Å². The molecule has 0 radical (unpaired) electrons. The van der Waals surface area contributed by atoms with Gasteiger partial charge in [-0.15, -0.1) is 0 Å². The Hall–Kier alpha value is -0.260. The quantitative estimate of drug-likeness (QED) is 0.389. The number of thiol groups is 1. The van der Waals surface area contributed by atoms with Crippen LogP contribution in [-0.2, 0) is 8.98 Å². The zero-order valence-corrected chi connectivity index (χ0v) is 6.25. The fraction of sp³-hybridized carbons (Fsp3) is 0.800. The molecule has 0 rings (SSSR count). The summed E-state index contributed by atoms with van der Waals surface area (Å²) in [7, 11) is 0. The summed E-state index contributed by atoms with van der Waals surface area (Å²) in [5, 5.41) is 17.1. The van der Waals surface area contributed by atoms with E-state index in [2.05, 4.69) is 17.1 Å². The summed E-state index contributed by atoms with van der Waals surface area (Å²) >= 11 is 3.24. The van der Waals surface area contributed by atoms with Crippen molar-refractivity contribution in [2.24, 2.45) is 0 Å². The number of rotatable bonds is 4. The Morgan fingerprint density at radius 1 is 1.70 bits per heavy atom. The average molecular weight is 166 g/mol. The summed E-state index contributed by atoms with van der Waals surface area (Å²) in [6, 6.07) is 0. The van der Waals surface area contributed by atoms with Crippen molar-refractivity contribution < 1.29 is 19.2 Å². The van der Waals surface area contributed by atoms with Crippen LogP contribution in [0.25, 0.3) is 0 Å². The Labute approximate surface area is 64.4 Å². The molecule has 0 spiro atoms. The minimum absolute atomic E-state index is 0.121. The lowest BCUT2D eigenvalue weighted by atomic mass is 10.2. The number of aliphatic hydroxyl groups excluding tert-OH is 2. The van der Waals surface area contributed by atoms with Gasteiger partial charge in [0.15, 0.2) is 0 Å².